The van der Waals surface area contributed by atoms with Crippen molar-refractivity contribution in [2.45, 2.75) is 195 Å². The van der Waals surface area contributed by atoms with Crippen molar-refractivity contribution in [3.8, 4) is 11.1 Å². The topological polar surface area (TPSA) is 0 Å². The van der Waals surface area contributed by atoms with E-state index in [1.54, 1.807) is 11.1 Å². The van der Waals surface area contributed by atoms with Gasteiger partial charge in [0, 0.05) is 0 Å². The Kier molecular flexibility index (Phi) is 18.7. The van der Waals surface area contributed by atoms with E-state index >= 15 is 0 Å². The summed E-state index contributed by atoms with van der Waals surface area (Å²) in [7, 11) is 0. The molecule has 5 aromatic rings. The summed E-state index contributed by atoms with van der Waals surface area (Å²) in [5.74, 6) is 1.57. The molecule has 0 saturated carbocycles. The third-order valence-electron chi connectivity index (χ3n) is 12.9. The number of hydrogen-bond donors (Lipinski definition) is 0. The highest BCUT2D eigenvalue weighted by atomic mass is 14.2. The van der Waals surface area contributed by atoms with E-state index < -0.39 is 0 Å². The SMILES string of the molecule is CCCCCCCCC(CCCCCC)Cc1ccc(CC(CCCCCC)CCCCCCCC)c(-c2ccc3ccc4cccc5ccc2c3c45)c1. The third-order valence-corrected chi connectivity index (χ3v) is 12.9. The van der Waals surface area contributed by atoms with Gasteiger partial charge in [0.1, 0.15) is 0 Å². The molecule has 0 fully saturated rings. The fourth-order valence-corrected chi connectivity index (χ4v) is 9.64. The summed E-state index contributed by atoms with van der Waals surface area (Å²) < 4.78 is 0. The van der Waals surface area contributed by atoms with E-state index in [1.807, 2.05) is 0 Å². The number of benzene rings is 5. The molecule has 2 atom stereocenters. The fourth-order valence-electron chi connectivity index (χ4n) is 9.64. The molecule has 0 spiro atoms. The highest BCUT2D eigenvalue weighted by Crippen LogP contribution is 2.41. The van der Waals surface area contributed by atoms with Gasteiger partial charge in [-0.1, -0.05) is 255 Å². The van der Waals surface area contributed by atoms with E-state index in [-0.39, 0.29) is 0 Å². The smallest absolute Gasteiger partial charge is 0.00206 e. The Hall–Kier alpha value is -2.86. The van der Waals surface area contributed by atoms with Crippen molar-refractivity contribution in [1.29, 1.82) is 0 Å². The van der Waals surface area contributed by atoms with Gasteiger partial charge in [-0.25, -0.2) is 0 Å². The summed E-state index contributed by atoms with van der Waals surface area (Å²) in [5, 5.41) is 8.44. The van der Waals surface area contributed by atoms with Crippen molar-refractivity contribution in [3.63, 3.8) is 0 Å². The van der Waals surface area contributed by atoms with E-state index in [2.05, 4.69) is 100 Å². The summed E-state index contributed by atoms with van der Waals surface area (Å²) >= 11 is 0. The minimum Gasteiger partial charge on any atom is -0.0654 e. The molecule has 0 bridgehead atoms. The van der Waals surface area contributed by atoms with Crippen LogP contribution in [0.5, 0.6) is 0 Å². The molecule has 0 radical (unpaired) electrons. The second-order valence-electron chi connectivity index (χ2n) is 17.4. The molecular formula is C54H78. The molecule has 2 unspecified atom stereocenters. The van der Waals surface area contributed by atoms with Gasteiger partial charge in [0.25, 0.3) is 0 Å². The lowest BCUT2D eigenvalue weighted by Crippen LogP contribution is -2.09. The van der Waals surface area contributed by atoms with Crippen LogP contribution in [0.25, 0.3) is 43.4 Å². The van der Waals surface area contributed by atoms with Gasteiger partial charge in [-0.3, -0.25) is 0 Å². The lowest BCUT2D eigenvalue weighted by Gasteiger charge is -2.23. The Morgan fingerprint density at radius 1 is 0.370 bits per heavy atom. The Morgan fingerprint density at radius 2 is 0.815 bits per heavy atom. The molecular weight excluding hydrogens is 649 g/mol. The summed E-state index contributed by atoms with van der Waals surface area (Å²) in [4.78, 5) is 0. The van der Waals surface area contributed by atoms with Crippen molar-refractivity contribution in [3.05, 3.63) is 83.9 Å². The maximum atomic E-state index is 2.68. The highest BCUT2D eigenvalue weighted by Gasteiger charge is 2.19. The lowest BCUT2D eigenvalue weighted by molar-refractivity contribution is 0.400. The molecule has 0 N–H and O–H groups in total. The van der Waals surface area contributed by atoms with Crippen LogP contribution in [0.3, 0.4) is 0 Å². The van der Waals surface area contributed by atoms with Gasteiger partial charge >= 0.3 is 0 Å². The van der Waals surface area contributed by atoms with E-state index in [4.69, 9.17) is 0 Å². The van der Waals surface area contributed by atoms with Gasteiger partial charge in [-0.15, -0.1) is 0 Å². The molecule has 0 amide bonds. The molecule has 0 nitrogen and oxygen atoms in total. The average molecular weight is 727 g/mol. The van der Waals surface area contributed by atoms with Crippen molar-refractivity contribution in [2.24, 2.45) is 11.8 Å². The monoisotopic (exact) mass is 727 g/mol. The third kappa shape index (κ3) is 12.6. The minimum atomic E-state index is 0.774. The van der Waals surface area contributed by atoms with Crippen LogP contribution in [-0.2, 0) is 12.8 Å². The first-order valence-corrected chi connectivity index (χ1v) is 23.4. The molecule has 0 heterocycles. The largest absolute Gasteiger partial charge is 0.0654 e. The lowest BCUT2D eigenvalue weighted by atomic mass is 9.82. The van der Waals surface area contributed by atoms with Crippen molar-refractivity contribution < 1.29 is 0 Å². The van der Waals surface area contributed by atoms with Crippen molar-refractivity contribution >= 4 is 32.3 Å². The summed E-state index contributed by atoms with van der Waals surface area (Å²) in [6.07, 6.45) is 35.7. The molecule has 0 aromatic heterocycles. The number of hydrogen-bond acceptors (Lipinski definition) is 0. The normalized spacial score (nSPS) is 13.1. The van der Waals surface area contributed by atoms with Gasteiger partial charge in [0.2, 0.25) is 0 Å². The second-order valence-corrected chi connectivity index (χ2v) is 17.4. The van der Waals surface area contributed by atoms with Crippen LogP contribution in [0.1, 0.15) is 193 Å². The van der Waals surface area contributed by atoms with Gasteiger partial charge < -0.3 is 0 Å². The maximum Gasteiger partial charge on any atom is -0.00206 e. The van der Waals surface area contributed by atoms with Crippen molar-refractivity contribution in [1.82, 2.24) is 0 Å². The van der Waals surface area contributed by atoms with Crippen LogP contribution >= 0.6 is 0 Å². The van der Waals surface area contributed by atoms with Crippen LogP contribution in [0.4, 0.5) is 0 Å². The summed E-state index contributed by atoms with van der Waals surface area (Å²) in [5.41, 5.74) is 6.14. The summed E-state index contributed by atoms with van der Waals surface area (Å²) in [6.45, 7) is 9.36. The van der Waals surface area contributed by atoms with Crippen LogP contribution in [0.2, 0.25) is 0 Å². The molecule has 54 heavy (non-hydrogen) atoms. The Bertz CT molecular complexity index is 1720. The second kappa shape index (κ2) is 23.9. The van der Waals surface area contributed by atoms with Gasteiger partial charge in [-0.05, 0) is 79.2 Å². The highest BCUT2D eigenvalue weighted by molar-refractivity contribution is 6.25. The zero-order chi connectivity index (χ0) is 37.8. The Labute approximate surface area is 332 Å². The molecule has 0 heteroatoms. The van der Waals surface area contributed by atoms with E-state index in [0.717, 1.165) is 11.8 Å². The maximum absolute atomic E-state index is 2.68. The minimum absolute atomic E-state index is 0.774. The number of unbranched alkanes of at least 4 members (excludes halogenated alkanes) is 16. The zero-order valence-corrected chi connectivity index (χ0v) is 35.5. The Morgan fingerprint density at radius 3 is 1.37 bits per heavy atom. The van der Waals surface area contributed by atoms with Crippen LogP contribution in [0.15, 0.2) is 72.8 Å². The zero-order valence-electron chi connectivity index (χ0n) is 35.5. The van der Waals surface area contributed by atoms with Crippen LogP contribution < -0.4 is 0 Å². The first-order valence-electron chi connectivity index (χ1n) is 23.4. The van der Waals surface area contributed by atoms with Gasteiger partial charge in [0.15, 0.2) is 0 Å². The van der Waals surface area contributed by atoms with E-state index in [0.29, 0.717) is 0 Å². The Balaban J connectivity index is 1.48. The van der Waals surface area contributed by atoms with Crippen LogP contribution in [0, 0.1) is 11.8 Å². The van der Waals surface area contributed by atoms with Gasteiger partial charge in [0.05, 0.1) is 0 Å². The first kappa shape index (κ1) is 42.3. The molecule has 0 aliphatic rings. The summed E-state index contributed by atoms with van der Waals surface area (Å²) in [6, 6.07) is 29.1. The predicted molar refractivity (Wildman–Crippen MR) is 243 cm³/mol. The van der Waals surface area contributed by atoms with Gasteiger partial charge in [-0.2, -0.15) is 0 Å². The molecule has 5 aromatic carbocycles. The quantitative estimate of drug-likeness (QED) is 0.0340. The van der Waals surface area contributed by atoms with E-state index in [1.165, 1.54) is 210 Å². The first-order chi connectivity index (χ1) is 26.7. The standard InChI is InChI=1S/C54H78/c1-5-9-13-17-19-23-27-43(26-21-15-11-7-3)40-45-32-33-49(41-44(28-22-16-12-8-4)29-24-20-18-14-10-6-2)52(42-45)50-38-36-48-35-34-46-30-25-31-47-37-39-51(50)54(48)53(46)47/h25,30-39,42-44H,5-24,26-29,40-41H2,1-4H3. The number of rotatable bonds is 29. The molecule has 0 saturated heterocycles. The fraction of sp³-hybridized carbons (Fsp3) is 0.593. The van der Waals surface area contributed by atoms with E-state index in [9.17, 15) is 0 Å². The van der Waals surface area contributed by atoms with Crippen molar-refractivity contribution in [2.75, 3.05) is 0 Å². The van der Waals surface area contributed by atoms with Crippen LogP contribution in [-0.4, -0.2) is 0 Å². The molecule has 5 rings (SSSR count). The molecule has 0 aliphatic heterocycles. The average Bonchev–Trinajstić information content (AvgIpc) is 3.20. The predicted octanol–water partition coefficient (Wildman–Crippen LogP) is 18.0. The molecule has 294 valence electrons. The molecule has 0 aliphatic carbocycles.